The monoisotopic (exact) mass is 388 g/mol. The van der Waals surface area contributed by atoms with E-state index in [0.717, 1.165) is 5.69 Å². The summed E-state index contributed by atoms with van der Waals surface area (Å²) in [5.74, 6) is 0.438. The van der Waals surface area contributed by atoms with Crippen molar-refractivity contribution in [2.24, 2.45) is 0 Å². The summed E-state index contributed by atoms with van der Waals surface area (Å²) in [6, 6.07) is 14.1. The van der Waals surface area contributed by atoms with Crippen LogP contribution in [-0.2, 0) is 0 Å². The van der Waals surface area contributed by atoms with Crippen molar-refractivity contribution in [1.29, 1.82) is 0 Å². The number of hydrogen-bond acceptors (Lipinski definition) is 6. The average Bonchev–Trinajstić information content (AvgIpc) is 3.14. The van der Waals surface area contributed by atoms with Gasteiger partial charge in [-0.05, 0) is 46.2 Å². The molecule has 0 aliphatic carbocycles. The van der Waals surface area contributed by atoms with Crippen LogP contribution in [0.15, 0.2) is 53.7 Å². The fraction of sp³-hybridized carbons (Fsp3) is 0.316. The number of halogens is 1. The third kappa shape index (κ3) is 5.05. The molecule has 0 saturated heterocycles. The van der Waals surface area contributed by atoms with Crippen LogP contribution in [0.2, 0.25) is 0 Å². The molecule has 0 fully saturated rings. The molecule has 0 radical (unpaired) electrons. The third-order valence-electron chi connectivity index (χ3n) is 3.92. The van der Waals surface area contributed by atoms with Gasteiger partial charge in [-0.2, -0.15) is 4.68 Å². The van der Waals surface area contributed by atoms with Crippen molar-refractivity contribution < 1.29 is 14.2 Å². The normalized spacial score (nSPS) is 12.3. The number of aromatic nitrogens is 4. The van der Waals surface area contributed by atoms with Gasteiger partial charge in [0.15, 0.2) is 11.6 Å². The Balaban J connectivity index is 1.57. The summed E-state index contributed by atoms with van der Waals surface area (Å²) >= 11 is 1.31. The van der Waals surface area contributed by atoms with Crippen LogP contribution in [0.1, 0.15) is 25.3 Å². The lowest BCUT2D eigenvalue weighted by Gasteiger charge is -2.12. The maximum Gasteiger partial charge on any atom is 0.214 e. The molecule has 6 nitrogen and oxygen atoms in total. The molecule has 1 N–H and O–H groups in total. The lowest BCUT2D eigenvalue weighted by atomic mass is 10.0. The van der Waals surface area contributed by atoms with Gasteiger partial charge in [0.05, 0.1) is 11.8 Å². The van der Waals surface area contributed by atoms with Crippen molar-refractivity contribution >= 4 is 11.8 Å². The van der Waals surface area contributed by atoms with E-state index in [1.807, 2.05) is 24.3 Å². The molecule has 0 saturated carbocycles. The van der Waals surface area contributed by atoms with E-state index < -0.39 is 11.9 Å². The molecule has 8 heteroatoms. The molecule has 3 rings (SSSR count). The van der Waals surface area contributed by atoms with E-state index in [4.69, 9.17) is 4.74 Å². The van der Waals surface area contributed by atoms with Gasteiger partial charge < -0.3 is 9.84 Å². The molecule has 2 aromatic carbocycles. The van der Waals surface area contributed by atoms with Gasteiger partial charge in [0.1, 0.15) is 6.61 Å². The highest BCUT2D eigenvalue weighted by Crippen LogP contribution is 2.22. The Morgan fingerprint density at radius 2 is 1.89 bits per heavy atom. The summed E-state index contributed by atoms with van der Waals surface area (Å²) in [5.41, 5.74) is 2.09. The standard InChI is InChI=1S/C19H21FN4O2S/c1-13(2)14-7-9-15(10-8-14)24-19(21-22-23-24)27-12-16(25)11-26-18-6-4-3-5-17(18)20/h3-10,13,16,25H,11-12H2,1-2H3/t16-/m0/s1. The van der Waals surface area contributed by atoms with Crippen LogP contribution in [-0.4, -0.2) is 43.8 Å². The molecule has 0 unspecified atom stereocenters. The van der Waals surface area contributed by atoms with E-state index in [1.165, 1.54) is 29.5 Å². The second-order valence-electron chi connectivity index (χ2n) is 6.33. The molecule has 0 aliphatic rings. The van der Waals surface area contributed by atoms with Crippen LogP contribution in [0.25, 0.3) is 5.69 Å². The summed E-state index contributed by atoms with van der Waals surface area (Å²) in [7, 11) is 0. The number of rotatable bonds is 8. The molecule has 0 aliphatic heterocycles. The fourth-order valence-electron chi connectivity index (χ4n) is 2.40. The van der Waals surface area contributed by atoms with Crippen LogP contribution in [0.4, 0.5) is 4.39 Å². The van der Waals surface area contributed by atoms with Crippen molar-refractivity contribution in [1.82, 2.24) is 20.2 Å². The van der Waals surface area contributed by atoms with Crippen LogP contribution >= 0.6 is 11.8 Å². The van der Waals surface area contributed by atoms with Crippen LogP contribution in [0.5, 0.6) is 5.75 Å². The van der Waals surface area contributed by atoms with Gasteiger partial charge >= 0.3 is 0 Å². The number of hydrogen-bond donors (Lipinski definition) is 1. The van der Waals surface area contributed by atoms with Gasteiger partial charge in [-0.25, -0.2) is 4.39 Å². The van der Waals surface area contributed by atoms with Gasteiger partial charge in [-0.3, -0.25) is 0 Å². The molecular weight excluding hydrogens is 367 g/mol. The zero-order valence-corrected chi connectivity index (χ0v) is 15.9. The number of nitrogens with zero attached hydrogens (tertiary/aromatic N) is 4. The van der Waals surface area contributed by atoms with Gasteiger partial charge in [0.2, 0.25) is 5.16 Å². The zero-order chi connectivity index (χ0) is 19.2. The summed E-state index contributed by atoms with van der Waals surface area (Å²) in [5, 5.41) is 22.4. The molecule has 3 aromatic rings. The predicted octanol–water partition coefficient (Wildman–Crippen LogP) is 3.46. The predicted molar refractivity (Wildman–Crippen MR) is 102 cm³/mol. The van der Waals surface area contributed by atoms with E-state index in [0.29, 0.717) is 16.8 Å². The lowest BCUT2D eigenvalue weighted by Crippen LogP contribution is -2.20. The minimum absolute atomic E-state index is 0.0153. The topological polar surface area (TPSA) is 73.1 Å². The van der Waals surface area contributed by atoms with Gasteiger partial charge in [-0.15, -0.1) is 5.10 Å². The highest BCUT2D eigenvalue weighted by Gasteiger charge is 2.14. The molecular formula is C19H21FN4O2S. The molecule has 1 atom stereocenters. The van der Waals surface area contributed by atoms with E-state index in [1.54, 1.807) is 16.8 Å². The second kappa shape index (κ2) is 8.96. The highest BCUT2D eigenvalue weighted by atomic mass is 32.2. The largest absolute Gasteiger partial charge is 0.488 e. The first kappa shape index (κ1) is 19.3. The summed E-state index contributed by atoms with van der Waals surface area (Å²) < 4.78 is 20.5. The number of aliphatic hydroxyl groups is 1. The summed E-state index contributed by atoms with van der Waals surface area (Å²) in [6.45, 7) is 4.26. The Labute approximate surface area is 161 Å². The van der Waals surface area contributed by atoms with E-state index >= 15 is 0 Å². The number of tetrazole rings is 1. The van der Waals surface area contributed by atoms with E-state index in [-0.39, 0.29) is 12.4 Å². The first-order chi connectivity index (χ1) is 13.0. The number of benzene rings is 2. The van der Waals surface area contributed by atoms with E-state index in [2.05, 4.69) is 29.4 Å². The summed E-state index contributed by atoms with van der Waals surface area (Å²) in [4.78, 5) is 0. The van der Waals surface area contributed by atoms with Gasteiger partial charge in [0.25, 0.3) is 0 Å². The SMILES string of the molecule is CC(C)c1ccc(-n2nnnc2SC[C@@H](O)COc2ccccc2F)cc1. The molecule has 0 spiro atoms. The molecule has 1 heterocycles. The van der Waals surface area contributed by atoms with Crippen LogP contribution in [0, 0.1) is 5.82 Å². The van der Waals surface area contributed by atoms with Crippen molar-refractivity contribution in [3.05, 3.63) is 59.9 Å². The Morgan fingerprint density at radius 3 is 2.59 bits per heavy atom. The zero-order valence-electron chi connectivity index (χ0n) is 15.1. The average molecular weight is 388 g/mol. The first-order valence-corrected chi connectivity index (χ1v) is 9.60. The smallest absolute Gasteiger partial charge is 0.214 e. The van der Waals surface area contributed by atoms with Crippen molar-refractivity contribution in [2.75, 3.05) is 12.4 Å². The molecule has 0 bridgehead atoms. The third-order valence-corrected chi connectivity index (χ3v) is 4.98. The minimum Gasteiger partial charge on any atom is -0.488 e. The molecule has 0 amide bonds. The highest BCUT2D eigenvalue weighted by molar-refractivity contribution is 7.99. The summed E-state index contributed by atoms with van der Waals surface area (Å²) in [6.07, 6.45) is -0.789. The van der Waals surface area contributed by atoms with Gasteiger partial charge in [-0.1, -0.05) is 49.9 Å². The maximum atomic E-state index is 13.5. The Kier molecular flexibility index (Phi) is 6.41. The first-order valence-electron chi connectivity index (χ1n) is 8.61. The van der Waals surface area contributed by atoms with Crippen molar-refractivity contribution in [2.45, 2.75) is 31.0 Å². The lowest BCUT2D eigenvalue weighted by molar-refractivity contribution is 0.123. The molecule has 1 aromatic heterocycles. The molecule has 27 heavy (non-hydrogen) atoms. The maximum absolute atomic E-state index is 13.5. The number of para-hydroxylation sites is 1. The van der Waals surface area contributed by atoms with Crippen LogP contribution < -0.4 is 4.74 Å². The fourth-order valence-corrected chi connectivity index (χ4v) is 3.19. The number of thioether (sulfide) groups is 1. The Hall–Kier alpha value is -2.45. The number of ether oxygens (including phenoxy) is 1. The van der Waals surface area contributed by atoms with Crippen molar-refractivity contribution in [3.8, 4) is 11.4 Å². The number of aliphatic hydroxyl groups excluding tert-OH is 1. The van der Waals surface area contributed by atoms with E-state index in [9.17, 15) is 9.50 Å². The Bertz CT molecular complexity index is 870. The Morgan fingerprint density at radius 1 is 1.15 bits per heavy atom. The quantitative estimate of drug-likeness (QED) is 0.596. The van der Waals surface area contributed by atoms with Gasteiger partial charge in [0, 0.05) is 5.75 Å². The molecule has 142 valence electrons. The second-order valence-corrected chi connectivity index (χ2v) is 7.31. The minimum atomic E-state index is -0.789. The van der Waals surface area contributed by atoms with Crippen molar-refractivity contribution in [3.63, 3.8) is 0 Å². The van der Waals surface area contributed by atoms with Crippen LogP contribution in [0.3, 0.4) is 0 Å².